The van der Waals surface area contributed by atoms with Gasteiger partial charge in [-0.2, -0.15) is 0 Å². The molecule has 0 spiro atoms. The minimum absolute atomic E-state index is 0.0642. The van der Waals surface area contributed by atoms with Crippen LogP contribution in [-0.2, 0) is 11.3 Å². The van der Waals surface area contributed by atoms with Gasteiger partial charge in [0.1, 0.15) is 5.82 Å². The molecule has 1 fully saturated rings. The van der Waals surface area contributed by atoms with Gasteiger partial charge in [0, 0.05) is 18.9 Å². The Balaban J connectivity index is 1.92. The number of aliphatic carboxylic acids is 1. The van der Waals surface area contributed by atoms with E-state index in [2.05, 4.69) is 9.97 Å². The van der Waals surface area contributed by atoms with Crippen molar-refractivity contribution in [3.8, 4) is 0 Å². The van der Waals surface area contributed by atoms with Crippen LogP contribution in [-0.4, -0.2) is 39.0 Å². The normalized spacial score (nSPS) is 15.3. The standard InChI is InChI=1S/C11H15N3O2/c15-11(16)8-14(6-9-2-3-9)7-10-12-4-1-5-13-10/h1,4-5,9H,2-3,6-8H2,(H,15,16). The van der Waals surface area contributed by atoms with E-state index in [1.165, 1.54) is 12.8 Å². The van der Waals surface area contributed by atoms with Crippen LogP contribution in [0.4, 0.5) is 0 Å². The maximum Gasteiger partial charge on any atom is 0.317 e. The van der Waals surface area contributed by atoms with E-state index < -0.39 is 5.97 Å². The molecule has 0 saturated heterocycles. The molecule has 1 aliphatic carbocycles. The average molecular weight is 221 g/mol. The maximum atomic E-state index is 10.7. The van der Waals surface area contributed by atoms with Gasteiger partial charge in [-0.15, -0.1) is 0 Å². The highest BCUT2D eigenvalue weighted by molar-refractivity contribution is 5.69. The van der Waals surface area contributed by atoms with Crippen molar-refractivity contribution in [2.75, 3.05) is 13.1 Å². The molecule has 0 aromatic carbocycles. The van der Waals surface area contributed by atoms with E-state index in [0.29, 0.717) is 18.3 Å². The Bertz CT molecular complexity index is 352. The van der Waals surface area contributed by atoms with Crippen LogP contribution in [0, 0.1) is 5.92 Å². The zero-order valence-electron chi connectivity index (χ0n) is 9.04. The van der Waals surface area contributed by atoms with E-state index in [1.807, 2.05) is 4.90 Å². The number of hydrogen-bond donors (Lipinski definition) is 1. The minimum Gasteiger partial charge on any atom is -0.480 e. The van der Waals surface area contributed by atoms with E-state index in [9.17, 15) is 4.79 Å². The molecule has 86 valence electrons. The number of nitrogens with zero attached hydrogens (tertiary/aromatic N) is 3. The van der Waals surface area contributed by atoms with Crippen LogP contribution in [0.2, 0.25) is 0 Å². The Morgan fingerprint density at radius 2 is 2.12 bits per heavy atom. The summed E-state index contributed by atoms with van der Waals surface area (Å²) in [4.78, 5) is 20.8. The smallest absolute Gasteiger partial charge is 0.317 e. The molecule has 1 aromatic heterocycles. The van der Waals surface area contributed by atoms with Gasteiger partial charge in [0.2, 0.25) is 0 Å². The molecule has 5 heteroatoms. The van der Waals surface area contributed by atoms with Crippen LogP contribution in [0.3, 0.4) is 0 Å². The van der Waals surface area contributed by atoms with E-state index in [4.69, 9.17) is 5.11 Å². The summed E-state index contributed by atoms with van der Waals surface area (Å²) < 4.78 is 0. The lowest BCUT2D eigenvalue weighted by Gasteiger charge is -2.18. The second kappa shape index (κ2) is 5.03. The third-order valence-corrected chi connectivity index (χ3v) is 2.56. The van der Waals surface area contributed by atoms with Crippen molar-refractivity contribution in [2.24, 2.45) is 5.92 Å². The Labute approximate surface area is 94.1 Å². The molecule has 1 saturated carbocycles. The van der Waals surface area contributed by atoms with Gasteiger partial charge in [-0.1, -0.05) is 0 Å². The van der Waals surface area contributed by atoms with Gasteiger partial charge in [-0.3, -0.25) is 9.69 Å². The zero-order chi connectivity index (χ0) is 11.4. The van der Waals surface area contributed by atoms with Gasteiger partial charge in [0.05, 0.1) is 13.1 Å². The van der Waals surface area contributed by atoms with Crippen LogP contribution in [0.5, 0.6) is 0 Å². The summed E-state index contributed by atoms with van der Waals surface area (Å²) in [6.07, 6.45) is 5.79. The average Bonchev–Trinajstić information content (AvgIpc) is 3.02. The summed E-state index contributed by atoms with van der Waals surface area (Å²) in [5, 5.41) is 8.81. The van der Waals surface area contributed by atoms with Gasteiger partial charge < -0.3 is 5.11 Å². The molecule has 1 N–H and O–H groups in total. The van der Waals surface area contributed by atoms with E-state index in [0.717, 1.165) is 6.54 Å². The number of rotatable bonds is 6. The minimum atomic E-state index is -0.795. The second-order valence-corrected chi connectivity index (χ2v) is 4.17. The summed E-state index contributed by atoms with van der Waals surface area (Å²) >= 11 is 0. The fourth-order valence-corrected chi connectivity index (χ4v) is 1.65. The first-order chi connectivity index (χ1) is 7.74. The van der Waals surface area contributed by atoms with Crippen LogP contribution < -0.4 is 0 Å². The van der Waals surface area contributed by atoms with E-state index in [1.54, 1.807) is 18.5 Å². The number of carbonyl (C=O) groups is 1. The lowest BCUT2D eigenvalue weighted by molar-refractivity contribution is -0.138. The Hall–Kier alpha value is -1.49. The van der Waals surface area contributed by atoms with Gasteiger partial charge in [0.15, 0.2) is 0 Å². The first kappa shape index (κ1) is 11.0. The third kappa shape index (κ3) is 3.58. The number of hydrogen-bond acceptors (Lipinski definition) is 4. The molecule has 0 radical (unpaired) electrons. The fourth-order valence-electron chi connectivity index (χ4n) is 1.65. The molecular formula is C11H15N3O2. The predicted octanol–water partition coefficient (Wildman–Crippen LogP) is 0.773. The quantitative estimate of drug-likeness (QED) is 0.768. The first-order valence-electron chi connectivity index (χ1n) is 5.44. The molecular weight excluding hydrogens is 206 g/mol. The molecule has 0 aliphatic heterocycles. The summed E-state index contributed by atoms with van der Waals surface area (Å²) in [6, 6.07) is 1.76. The first-order valence-corrected chi connectivity index (χ1v) is 5.44. The molecule has 0 bridgehead atoms. The van der Waals surface area contributed by atoms with Crippen LogP contribution in [0.25, 0.3) is 0 Å². The Morgan fingerprint density at radius 3 is 2.69 bits per heavy atom. The summed E-state index contributed by atoms with van der Waals surface area (Å²) in [7, 11) is 0. The molecule has 5 nitrogen and oxygen atoms in total. The molecule has 1 aromatic rings. The van der Waals surface area contributed by atoms with Crippen LogP contribution in [0.1, 0.15) is 18.7 Å². The zero-order valence-corrected chi connectivity index (χ0v) is 9.04. The number of carboxylic acid groups (broad SMARTS) is 1. The second-order valence-electron chi connectivity index (χ2n) is 4.17. The van der Waals surface area contributed by atoms with Crippen LogP contribution >= 0.6 is 0 Å². The van der Waals surface area contributed by atoms with Crippen molar-refractivity contribution in [2.45, 2.75) is 19.4 Å². The summed E-state index contributed by atoms with van der Waals surface area (Å²) in [6.45, 7) is 1.42. The molecule has 2 rings (SSSR count). The summed E-state index contributed by atoms with van der Waals surface area (Å²) in [5.41, 5.74) is 0. The number of aromatic nitrogens is 2. The van der Waals surface area contributed by atoms with Crippen molar-refractivity contribution >= 4 is 5.97 Å². The van der Waals surface area contributed by atoms with Crippen LogP contribution in [0.15, 0.2) is 18.5 Å². The predicted molar refractivity (Wildman–Crippen MR) is 57.7 cm³/mol. The molecule has 1 heterocycles. The highest BCUT2D eigenvalue weighted by Gasteiger charge is 2.25. The third-order valence-electron chi connectivity index (χ3n) is 2.56. The number of carboxylic acids is 1. The van der Waals surface area contributed by atoms with Gasteiger partial charge in [-0.05, 0) is 24.8 Å². The Morgan fingerprint density at radius 1 is 1.44 bits per heavy atom. The van der Waals surface area contributed by atoms with Crippen molar-refractivity contribution in [1.29, 1.82) is 0 Å². The molecule has 0 atom stereocenters. The molecule has 0 amide bonds. The van der Waals surface area contributed by atoms with Gasteiger partial charge in [0.25, 0.3) is 0 Å². The van der Waals surface area contributed by atoms with E-state index >= 15 is 0 Å². The van der Waals surface area contributed by atoms with Crippen molar-refractivity contribution in [1.82, 2.24) is 14.9 Å². The molecule has 1 aliphatic rings. The van der Waals surface area contributed by atoms with E-state index in [-0.39, 0.29) is 6.54 Å². The highest BCUT2D eigenvalue weighted by Crippen LogP contribution is 2.29. The van der Waals surface area contributed by atoms with Gasteiger partial charge in [-0.25, -0.2) is 9.97 Å². The summed E-state index contributed by atoms with van der Waals surface area (Å²) in [5.74, 6) is 0.559. The monoisotopic (exact) mass is 221 g/mol. The van der Waals surface area contributed by atoms with Gasteiger partial charge >= 0.3 is 5.97 Å². The molecule has 16 heavy (non-hydrogen) atoms. The largest absolute Gasteiger partial charge is 0.480 e. The van der Waals surface area contributed by atoms with Crippen molar-refractivity contribution in [3.63, 3.8) is 0 Å². The lowest BCUT2D eigenvalue weighted by Crippen LogP contribution is -2.31. The SMILES string of the molecule is O=C(O)CN(Cc1ncccn1)CC1CC1. The lowest BCUT2D eigenvalue weighted by atomic mass is 10.3. The van der Waals surface area contributed by atoms with Crippen molar-refractivity contribution in [3.05, 3.63) is 24.3 Å². The topological polar surface area (TPSA) is 66.3 Å². The van der Waals surface area contributed by atoms with Crippen molar-refractivity contribution < 1.29 is 9.90 Å². The Kier molecular flexibility index (Phi) is 3.46. The fraction of sp³-hybridized carbons (Fsp3) is 0.545. The maximum absolute atomic E-state index is 10.7. The highest BCUT2D eigenvalue weighted by atomic mass is 16.4. The molecule has 0 unspecified atom stereocenters.